The predicted molar refractivity (Wildman–Crippen MR) is 69.9 cm³/mol. The van der Waals surface area contributed by atoms with Crippen LogP contribution in [0.5, 0.6) is 0 Å². The third-order valence-electron chi connectivity index (χ3n) is 2.95. The molecule has 2 rings (SSSR count). The molecule has 0 aliphatic carbocycles. The molecule has 1 saturated heterocycles. The number of rotatable bonds is 3. The normalized spacial score (nSPS) is 18.7. The molecule has 1 aromatic heterocycles. The first kappa shape index (κ1) is 13.5. The van der Waals surface area contributed by atoms with Gasteiger partial charge in [-0.15, -0.1) is 11.3 Å². The fourth-order valence-corrected chi connectivity index (χ4v) is 4.68. The van der Waals surface area contributed by atoms with Gasteiger partial charge in [-0.3, -0.25) is 4.79 Å². The molecule has 0 saturated carbocycles. The highest BCUT2D eigenvalue weighted by atomic mass is 32.2. The second-order valence-corrected chi connectivity index (χ2v) is 7.42. The number of piperidine rings is 1. The van der Waals surface area contributed by atoms with E-state index < -0.39 is 10.0 Å². The SMILES string of the molecule is CC(=O)NC1CCN(S(=O)(=O)c2cccs2)CC1. The van der Waals surface area contributed by atoms with Gasteiger partial charge in [-0.1, -0.05) is 6.07 Å². The van der Waals surface area contributed by atoms with Crippen LogP contribution in [-0.4, -0.2) is 37.8 Å². The highest BCUT2D eigenvalue weighted by molar-refractivity contribution is 7.91. The second-order valence-electron chi connectivity index (χ2n) is 4.31. The zero-order valence-corrected chi connectivity index (χ0v) is 11.8. The molecular formula is C11H16N2O3S2. The molecule has 1 amide bonds. The van der Waals surface area contributed by atoms with Gasteiger partial charge in [-0.2, -0.15) is 4.31 Å². The molecule has 7 heteroatoms. The molecule has 18 heavy (non-hydrogen) atoms. The van der Waals surface area contributed by atoms with E-state index >= 15 is 0 Å². The summed E-state index contributed by atoms with van der Waals surface area (Å²) in [6.45, 7) is 2.41. The molecule has 1 aromatic rings. The maximum atomic E-state index is 12.2. The maximum absolute atomic E-state index is 12.2. The molecule has 0 atom stereocenters. The third kappa shape index (κ3) is 2.90. The lowest BCUT2D eigenvalue weighted by Crippen LogP contribution is -2.45. The first-order chi connectivity index (χ1) is 8.50. The summed E-state index contributed by atoms with van der Waals surface area (Å²) in [7, 11) is -3.33. The van der Waals surface area contributed by atoms with Gasteiger partial charge in [0.2, 0.25) is 5.91 Å². The van der Waals surface area contributed by atoms with Crippen molar-refractivity contribution in [1.29, 1.82) is 0 Å². The van der Waals surface area contributed by atoms with Crippen molar-refractivity contribution in [3.63, 3.8) is 0 Å². The van der Waals surface area contributed by atoms with Crippen LogP contribution < -0.4 is 5.32 Å². The summed E-state index contributed by atoms with van der Waals surface area (Å²) in [5.74, 6) is -0.0606. The van der Waals surface area contributed by atoms with Gasteiger partial charge in [0.15, 0.2) is 0 Å². The van der Waals surface area contributed by atoms with E-state index in [4.69, 9.17) is 0 Å². The van der Waals surface area contributed by atoms with Gasteiger partial charge >= 0.3 is 0 Å². The predicted octanol–water partition coefficient (Wildman–Crippen LogP) is 1.04. The Kier molecular flexibility index (Phi) is 4.04. The highest BCUT2D eigenvalue weighted by Gasteiger charge is 2.30. The minimum absolute atomic E-state index is 0.0606. The summed E-state index contributed by atoms with van der Waals surface area (Å²) in [5, 5.41) is 4.59. The van der Waals surface area contributed by atoms with Crippen molar-refractivity contribution >= 4 is 27.3 Å². The lowest BCUT2D eigenvalue weighted by molar-refractivity contribution is -0.119. The van der Waals surface area contributed by atoms with Crippen LogP contribution in [0.1, 0.15) is 19.8 Å². The average molecular weight is 288 g/mol. The van der Waals surface area contributed by atoms with Crippen LogP contribution in [0, 0.1) is 0 Å². The Bertz CT molecular complexity index is 502. The zero-order valence-electron chi connectivity index (χ0n) is 10.1. The van der Waals surface area contributed by atoms with Crippen molar-refractivity contribution in [2.24, 2.45) is 0 Å². The number of hydrogen-bond donors (Lipinski definition) is 1. The van der Waals surface area contributed by atoms with Gasteiger partial charge in [-0.25, -0.2) is 8.42 Å². The Balaban J connectivity index is 2.00. The lowest BCUT2D eigenvalue weighted by atomic mass is 10.1. The van der Waals surface area contributed by atoms with Crippen molar-refractivity contribution in [2.45, 2.75) is 30.0 Å². The van der Waals surface area contributed by atoms with Gasteiger partial charge in [-0.05, 0) is 24.3 Å². The van der Waals surface area contributed by atoms with E-state index in [1.807, 2.05) is 0 Å². The summed E-state index contributed by atoms with van der Waals surface area (Å²) in [5.41, 5.74) is 0. The molecular weight excluding hydrogens is 272 g/mol. The Morgan fingerprint density at radius 1 is 1.44 bits per heavy atom. The Labute approximate surface area is 111 Å². The van der Waals surface area contributed by atoms with E-state index in [2.05, 4.69) is 5.32 Å². The minimum atomic E-state index is -3.33. The second kappa shape index (κ2) is 5.38. The Hall–Kier alpha value is -0.920. The molecule has 0 radical (unpaired) electrons. The molecule has 0 aromatic carbocycles. The van der Waals surface area contributed by atoms with Crippen LogP contribution in [0.2, 0.25) is 0 Å². The van der Waals surface area contributed by atoms with Crippen molar-refractivity contribution in [2.75, 3.05) is 13.1 Å². The van der Waals surface area contributed by atoms with Gasteiger partial charge in [0.25, 0.3) is 10.0 Å². The number of carbonyl (C=O) groups excluding carboxylic acids is 1. The molecule has 100 valence electrons. The third-order valence-corrected chi connectivity index (χ3v) is 6.22. The van der Waals surface area contributed by atoms with Gasteiger partial charge < -0.3 is 5.32 Å². The molecule has 1 aliphatic rings. The summed E-state index contributed by atoms with van der Waals surface area (Å²) in [6, 6.07) is 3.46. The number of amides is 1. The number of sulfonamides is 1. The van der Waals surface area contributed by atoms with Crippen molar-refractivity contribution in [1.82, 2.24) is 9.62 Å². The van der Waals surface area contributed by atoms with Crippen molar-refractivity contribution < 1.29 is 13.2 Å². The molecule has 5 nitrogen and oxygen atoms in total. The molecule has 1 fully saturated rings. The van der Waals surface area contributed by atoms with Crippen LogP contribution >= 0.6 is 11.3 Å². The van der Waals surface area contributed by atoms with E-state index in [1.54, 1.807) is 17.5 Å². The lowest BCUT2D eigenvalue weighted by Gasteiger charge is -2.30. The summed E-state index contributed by atoms with van der Waals surface area (Å²) in [6.07, 6.45) is 1.34. The summed E-state index contributed by atoms with van der Waals surface area (Å²) < 4.78 is 26.3. The Morgan fingerprint density at radius 2 is 2.11 bits per heavy atom. The van der Waals surface area contributed by atoms with Crippen molar-refractivity contribution in [3.8, 4) is 0 Å². The monoisotopic (exact) mass is 288 g/mol. The molecule has 0 unspecified atom stereocenters. The number of nitrogens with one attached hydrogen (secondary N) is 1. The summed E-state index contributed by atoms with van der Waals surface area (Å²) >= 11 is 1.24. The van der Waals surface area contributed by atoms with Crippen LogP contribution in [0.3, 0.4) is 0 Å². The van der Waals surface area contributed by atoms with Gasteiger partial charge in [0.05, 0.1) is 0 Å². The fraction of sp³-hybridized carbons (Fsp3) is 0.545. The Morgan fingerprint density at radius 3 is 2.61 bits per heavy atom. The van der Waals surface area contributed by atoms with Crippen LogP contribution in [0.25, 0.3) is 0 Å². The number of thiophene rings is 1. The smallest absolute Gasteiger partial charge is 0.252 e. The van der Waals surface area contributed by atoms with E-state index in [0.717, 1.165) is 0 Å². The largest absolute Gasteiger partial charge is 0.354 e. The standard InChI is InChI=1S/C11H16N2O3S2/c1-9(14)12-10-4-6-13(7-5-10)18(15,16)11-3-2-8-17-11/h2-3,8,10H,4-7H2,1H3,(H,12,14). The van der Waals surface area contributed by atoms with Crippen molar-refractivity contribution in [3.05, 3.63) is 17.5 Å². The zero-order chi connectivity index (χ0) is 13.2. The maximum Gasteiger partial charge on any atom is 0.252 e. The van der Waals surface area contributed by atoms with E-state index in [-0.39, 0.29) is 11.9 Å². The number of carbonyl (C=O) groups is 1. The van der Waals surface area contributed by atoms with Gasteiger partial charge in [0, 0.05) is 26.1 Å². The fourth-order valence-electron chi connectivity index (χ4n) is 2.07. The first-order valence-corrected chi connectivity index (χ1v) is 8.13. The van der Waals surface area contributed by atoms with E-state index in [9.17, 15) is 13.2 Å². The quantitative estimate of drug-likeness (QED) is 0.903. The highest BCUT2D eigenvalue weighted by Crippen LogP contribution is 2.24. The van der Waals surface area contributed by atoms with E-state index in [0.29, 0.717) is 30.1 Å². The number of hydrogen-bond acceptors (Lipinski definition) is 4. The first-order valence-electron chi connectivity index (χ1n) is 5.81. The molecule has 1 N–H and O–H groups in total. The van der Waals surface area contributed by atoms with Crippen LogP contribution in [0.15, 0.2) is 21.7 Å². The number of nitrogens with zero attached hydrogens (tertiary/aromatic N) is 1. The average Bonchev–Trinajstić information content (AvgIpc) is 2.83. The molecule has 0 spiro atoms. The molecule has 1 aliphatic heterocycles. The molecule has 0 bridgehead atoms. The van der Waals surface area contributed by atoms with Crippen LogP contribution in [0.4, 0.5) is 0 Å². The van der Waals surface area contributed by atoms with Crippen LogP contribution in [-0.2, 0) is 14.8 Å². The topological polar surface area (TPSA) is 66.5 Å². The minimum Gasteiger partial charge on any atom is -0.354 e. The van der Waals surface area contributed by atoms with E-state index in [1.165, 1.54) is 22.6 Å². The summed E-state index contributed by atoms with van der Waals surface area (Å²) in [4.78, 5) is 10.9. The van der Waals surface area contributed by atoms with Gasteiger partial charge in [0.1, 0.15) is 4.21 Å². The molecule has 2 heterocycles.